The Kier molecular flexibility index (Phi) is 5.78. The van der Waals surface area contributed by atoms with Crippen molar-refractivity contribution in [2.75, 3.05) is 18.0 Å². The molecule has 30 heavy (non-hydrogen) atoms. The predicted octanol–water partition coefficient (Wildman–Crippen LogP) is 4.14. The van der Waals surface area contributed by atoms with E-state index in [0.29, 0.717) is 25.2 Å². The van der Waals surface area contributed by atoms with Crippen LogP contribution in [-0.4, -0.2) is 36.2 Å². The summed E-state index contributed by atoms with van der Waals surface area (Å²) < 4.78 is 21.3. The maximum Gasteiger partial charge on any atom is 0.223 e. The van der Waals surface area contributed by atoms with Gasteiger partial charge in [-0.2, -0.15) is 0 Å². The summed E-state index contributed by atoms with van der Waals surface area (Å²) in [5.74, 6) is -0.102. The molecule has 2 fully saturated rings. The van der Waals surface area contributed by atoms with Gasteiger partial charge in [0.2, 0.25) is 5.91 Å². The van der Waals surface area contributed by atoms with Crippen molar-refractivity contribution >= 4 is 11.6 Å². The lowest BCUT2D eigenvalue weighted by Crippen LogP contribution is -2.45. The van der Waals surface area contributed by atoms with Crippen molar-refractivity contribution in [2.24, 2.45) is 5.92 Å². The van der Waals surface area contributed by atoms with Crippen LogP contribution in [0.25, 0.3) is 11.1 Å². The molecule has 1 amide bonds. The van der Waals surface area contributed by atoms with Gasteiger partial charge in [-0.15, -0.1) is 0 Å². The Hall–Kier alpha value is -2.47. The number of aromatic nitrogens is 1. The molecule has 160 valence electrons. The third-order valence-corrected chi connectivity index (χ3v) is 5.71. The van der Waals surface area contributed by atoms with Gasteiger partial charge in [-0.25, -0.2) is 4.39 Å². The van der Waals surface area contributed by atoms with Crippen molar-refractivity contribution in [3.05, 3.63) is 47.0 Å². The Balaban J connectivity index is 1.72. The summed E-state index contributed by atoms with van der Waals surface area (Å²) in [6.45, 7) is 9.63. The van der Waals surface area contributed by atoms with E-state index in [9.17, 15) is 4.79 Å². The number of nitrogens with one attached hydrogen (secondary N) is 1. The first-order chi connectivity index (χ1) is 14.3. The molecule has 2 aromatic rings. The Morgan fingerprint density at radius 3 is 2.37 bits per heavy atom. The van der Waals surface area contributed by atoms with Crippen LogP contribution >= 0.6 is 0 Å². The Bertz CT molecular complexity index is 927. The molecular formula is C24H30FN3O2. The molecule has 1 aliphatic carbocycles. The molecule has 6 heteroatoms. The Labute approximate surface area is 177 Å². The highest BCUT2D eigenvalue weighted by atomic mass is 19.1. The zero-order valence-corrected chi connectivity index (χ0v) is 18.2. The van der Waals surface area contributed by atoms with E-state index in [2.05, 4.69) is 15.2 Å². The number of carbonyl (C=O) groups is 1. The van der Waals surface area contributed by atoms with Crippen LogP contribution in [0.1, 0.15) is 43.6 Å². The first kappa shape index (κ1) is 20.8. The number of amides is 1. The van der Waals surface area contributed by atoms with Crippen molar-refractivity contribution in [1.29, 1.82) is 0 Å². The maximum absolute atomic E-state index is 15.5. The monoisotopic (exact) mass is 411 g/mol. The highest BCUT2D eigenvalue weighted by Crippen LogP contribution is 2.34. The fourth-order valence-electron chi connectivity index (χ4n) is 4.33. The molecule has 5 nitrogen and oxygen atoms in total. The first-order valence-electron chi connectivity index (χ1n) is 10.8. The lowest BCUT2D eigenvalue weighted by Gasteiger charge is -2.37. The topological polar surface area (TPSA) is 54.5 Å². The van der Waals surface area contributed by atoms with Gasteiger partial charge < -0.3 is 15.0 Å². The second-order valence-corrected chi connectivity index (χ2v) is 8.75. The number of morpholine rings is 1. The largest absolute Gasteiger partial charge is 0.372 e. The maximum atomic E-state index is 15.5. The van der Waals surface area contributed by atoms with Crippen molar-refractivity contribution < 1.29 is 13.9 Å². The van der Waals surface area contributed by atoms with Gasteiger partial charge in [0.25, 0.3) is 0 Å². The van der Waals surface area contributed by atoms with Crippen LogP contribution in [-0.2, 0) is 16.1 Å². The predicted molar refractivity (Wildman–Crippen MR) is 116 cm³/mol. The van der Waals surface area contributed by atoms with Gasteiger partial charge in [0.15, 0.2) is 0 Å². The standard InChI is InChI=1S/C24H30FN3O2/c1-14-7-19(8-15(2)27-14)23-20(11-26-24(29)18-5-6-18)9-21(10-22(23)25)28-12-16(3)30-17(4)13-28/h7-10,16-18H,5-6,11-13H2,1-4H3,(H,26,29)/t16-,17+. The minimum Gasteiger partial charge on any atom is -0.372 e. The SMILES string of the molecule is Cc1cc(-c2c(F)cc(N3C[C@@H](C)O[C@@H](C)C3)cc2CNC(=O)C2CC2)cc(C)n1. The van der Waals surface area contributed by atoms with Crippen molar-refractivity contribution in [3.8, 4) is 11.1 Å². The quantitative estimate of drug-likeness (QED) is 0.803. The molecule has 1 aromatic carbocycles. The van der Waals surface area contributed by atoms with E-state index in [1.165, 1.54) is 0 Å². The number of hydrogen-bond acceptors (Lipinski definition) is 4. The molecule has 1 N–H and O–H groups in total. The molecule has 1 saturated carbocycles. The van der Waals surface area contributed by atoms with Gasteiger partial charge in [0, 0.05) is 48.2 Å². The molecule has 1 aromatic heterocycles. The minimum atomic E-state index is -0.278. The molecule has 2 aliphatic rings. The Morgan fingerprint density at radius 2 is 1.77 bits per heavy atom. The van der Waals surface area contributed by atoms with E-state index in [1.54, 1.807) is 6.07 Å². The lowest BCUT2D eigenvalue weighted by molar-refractivity contribution is -0.122. The highest BCUT2D eigenvalue weighted by Gasteiger charge is 2.30. The number of anilines is 1. The summed E-state index contributed by atoms with van der Waals surface area (Å²) in [5, 5.41) is 3.01. The minimum absolute atomic E-state index is 0.0578. The average Bonchev–Trinajstić information content (AvgIpc) is 3.49. The van der Waals surface area contributed by atoms with Gasteiger partial charge in [0.05, 0.1) is 12.2 Å². The molecule has 0 radical (unpaired) electrons. The molecule has 1 aliphatic heterocycles. The molecule has 0 spiro atoms. The van der Waals surface area contributed by atoms with E-state index >= 15 is 4.39 Å². The normalized spacial score (nSPS) is 21.6. The number of pyridine rings is 1. The van der Waals surface area contributed by atoms with Crippen molar-refractivity contribution in [3.63, 3.8) is 0 Å². The summed E-state index contributed by atoms with van der Waals surface area (Å²) in [6, 6.07) is 7.42. The van der Waals surface area contributed by atoms with Crippen LogP contribution in [0.15, 0.2) is 24.3 Å². The summed E-state index contributed by atoms with van der Waals surface area (Å²) in [7, 11) is 0. The van der Waals surface area contributed by atoms with Crippen LogP contribution in [0.4, 0.5) is 10.1 Å². The lowest BCUT2D eigenvalue weighted by atomic mass is 9.97. The summed E-state index contributed by atoms with van der Waals surface area (Å²) in [4.78, 5) is 18.8. The first-order valence-corrected chi connectivity index (χ1v) is 10.8. The van der Waals surface area contributed by atoms with E-state index < -0.39 is 0 Å². The molecule has 1 saturated heterocycles. The smallest absolute Gasteiger partial charge is 0.223 e. The fraction of sp³-hybridized carbons (Fsp3) is 0.500. The average molecular weight is 412 g/mol. The number of benzene rings is 1. The summed E-state index contributed by atoms with van der Waals surface area (Å²) in [5.41, 5.74) is 4.64. The van der Waals surface area contributed by atoms with Crippen LogP contribution in [0.2, 0.25) is 0 Å². The van der Waals surface area contributed by atoms with Gasteiger partial charge in [-0.3, -0.25) is 9.78 Å². The summed E-state index contributed by atoms with van der Waals surface area (Å²) >= 11 is 0. The van der Waals surface area contributed by atoms with Crippen LogP contribution in [0, 0.1) is 25.6 Å². The molecule has 0 bridgehead atoms. The van der Waals surface area contributed by atoms with Gasteiger partial charge >= 0.3 is 0 Å². The van der Waals surface area contributed by atoms with E-state index in [4.69, 9.17) is 4.74 Å². The molecular weight excluding hydrogens is 381 g/mol. The van der Waals surface area contributed by atoms with E-state index in [-0.39, 0.29) is 29.9 Å². The third-order valence-electron chi connectivity index (χ3n) is 5.71. The van der Waals surface area contributed by atoms with Gasteiger partial charge in [-0.05, 0) is 75.9 Å². The third kappa shape index (κ3) is 4.64. The van der Waals surface area contributed by atoms with Crippen LogP contribution < -0.4 is 10.2 Å². The van der Waals surface area contributed by atoms with E-state index in [0.717, 1.165) is 41.0 Å². The van der Waals surface area contributed by atoms with Gasteiger partial charge in [-0.1, -0.05) is 0 Å². The number of rotatable bonds is 5. The van der Waals surface area contributed by atoms with Crippen LogP contribution in [0.5, 0.6) is 0 Å². The number of aryl methyl sites for hydroxylation is 2. The number of nitrogens with zero attached hydrogens (tertiary/aromatic N) is 2. The van der Waals surface area contributed by atoms with E-state index in [1.807, 2.05) is 45.9 Å². The second-order valence-electron chi connectivity index (χ2n) is 8.75. The number of carbonyl (C=O) groups excluding carboxylic acids is 1. The summed E-state index contributed by atoms with van der Waals surface area (Å²) in [6.07, 6.45) is 2.05. The number of ether oxygens (including phenoxy) is 1. The zero-order valence-electron chi connectivity index (χ0n) is 18.2. The zero-order chi connectivity index (χ0) is 21.4. The molecule has 2 heterocycles. The number of halogens is 1. The fourth-order valence-corrected chi connectivity index (χ4v) is 4.33. The molecule has 4 rings (SSSR count). The van der Waals surface area contributed by atoms with Gasteiger partial charge in [0.1, 0.15) is 5.82 Å². The van der Waals surface area contributed by atoms with Crippen LogP contribution in [0.3, 0.4) is 0 Å². The Morgan fingerprint density at radius 1 is 1.13 bits per heavy atom. The highest BCUT2D eigenvalue weighted by molar-refractivity contribution is 5.81. The second kappa shape index (κ2) is 8.34. The molecule has 2 atom stereocenters. The van der Waals surface area contributed by atoms with Crippen molar-refractivity contribution in [1.82, 2.24) is 10.3 Å². The molecule has 0 unspecified atom stereocenters. The van der Waals surface area contributed by atoms with Crippen molar-refractivity contribution in [2.45, 2.75) is 59.3 Å². The number of hydrogen-bond donors (Lipinski definition) is 1.